The van der Waals surface area contributed by atoms with E-state index in [-0.39, 0.29) is 37.3 Å². The molecule has 0 aliphatic rings. The normalized spacial score (nSPS) is 12.2. The monoisotopic (exact) mass is 525 g/mol. The Morgan fingerprint density at radius 3 is 2.32 bits per heavy atom. The van der Waals surface area contributed by atoms with Crippen LogP contribution in [0.3, 0.4) is 0 Å². The Morgan fingerprint density at radius 2 is 1.73 bits per heavy atom. The van der Waals surface area contributed by atoms with Crippen molar-refractivity contribution < 1.29 is 19.1 Å². The van der Waals surface area contributed by atoms with Crippen molar-refractivity contribution in [2.75, 3.05) is 19.7 Å². The maximum absolute atomic E-state index is 13.0. The molecule has 0 saturated carbocycles. The number of amides is 1. The molecule has 0 fully saturated rings. The number of hydrogen-bond donors (Lipinski definition) is 5. The first-order chi connectivity index (χ1) is 17.3. The molecule has 3 aromatic rings. The van der Waals surface area contributed by atoms with Crippen LogP contribution in [0.5, 0.6) is 0 Å². The van der Waals surface area contributed by atoms with E-state index < -0.39 is 17.3 Å². The number of halogens is 1. The molecule has 196 valence electrons. The van der Waals surface area contributed by atoms with Gasteiger partial charge in [0.15, 0.2) is 5.78 Å². The molecule has 10 heteroatoms. The van der Waals surface area contributed by atoms with E-state index in [0.29, 0.717) is 40.6 Å². The van der Waals surface area contributed by atoms with Crippen molar-refractivity contribution >= 4 is 46.7 Å². The lowest BCUT2D eigenvalue weighted by atomic mass is 9.83. The van der Waals surface area contributed by atoms with E-state index in [2.05, 4.69) is 10.6 Å². The van der Waals surface area contributed by atoms with Crippen molar-refractivity contribution in [3.8, 4) is 0 Å². The van der Waals surface area contributed by atoms with Crippen LogP contribution in [-0.2, 0) is 26.4 Å². The zero-order valence-corrected chi connectivity index (χ0v) is 21.6. The SMILES string of the molecule is CCNC(C(=O)CN)(C(=O)OCC)c1ccc2c(C(=O)NCc3ccc(C(=N)N)cc3)cccc2c1.Cl. The maximum atomic E-state index is 13.0. The van der Waals surface area contributed by atoms with E-state index in [1.165, 1.54) is 0 Å². The number of ether oxygens (including phenoxy) is 1. The zero-order valence-electron chi connectivity index (χ0n) is 20.8. The van der Waals surface area contributed by atoms with E-state index in [0.717, 1.165) is 5.56 Å². The third-order valence-electron chi connectivity index (χ3n) is 5.90. The largest absolute Gasteiger partial charge is 0.464 e. The van der Waals surface area contributed by atoms with Gasteiger partial charge in [-0.15, -0.1) is 12.4 Å². The lowest BCUT2D eigenvalue weighted by Gasteiger charge is -2.31. The van der Waals surface area contributed by atoms with E-state index in [4.69, 9.17) is 21.6 Å². The minimum atomic E-state index is -1.74. The number of nitrogen functional groups attached to an aromatic ring is 1. The average molecular weight is 526 g/mol. The number of ketones is 1. The van der Waals surface area contributed by atoms with Gasteiger partial charge in [0.25, 0.3) is 5.91 Å². The van der Waals surface area contributed by atoms with E-state index >= 15 is 0 Å². The van der Waals surface area contributed by atoms with Gasteiger partial charge in [-0.1, -0.05) is 55.5 Å². The molecule has 1 unspecified atom stereocenters. The summed E-state index contributed by atoms with van der Waals surface area (Å²) in [4.78, 5) is 39.0. The van der Waals surface area contributed by atoms with Crippen molar-refractivity contribution in [3.05, 3.63) is 82.9 Å². The third-order valence-corrected chi connectivity index (χ3v) is 5.90. The maximum Gasteiger partial charge on any atom is 0.338 e. The van der Waals surface area contributed by atoms with Gasteiger partial charge in [0, 0.05) is 17.7 Å². The fourth-order valence-electron chi connectivity index (χ4n) is 4.12. The first-order valence-corrected chi connectivity index (χ1v) is 11.7. The van der Waals surface area contributed by atoms with Gasteiger partial charge >= 0.3 is 5.97 Å². The summed E-state index contributed by atoms with van der Waals surface area (Å²) in [7, 11) is 0. The predicted octanol–water partition coefficient (Wildman–Crippen LogP) is 2.37. The number of benzene rings is 3. The van der Waals surface area contributed by atoms with E-state index in [1.54, 1.807) is 68.4 Å². The first-order valence-electron chi connectivity index (χ1n) is 11.7. The third kappa shape index (κ3) is 6.14. The summed E-state index contributed by atoms with van der Waals surface area (Å²) in [6, 6.07) is 17.4. The Bertz CT molecular complexity index is 1300. The van der Waals surface area contributed by atoms with Gasteiger partial charge in [-0.3, -0.25) is 20.3 Å². The molecular weight excluding hydrogens is 494 g/mol. The zero-order chi connectivity index (χ0) is 26.3. The van der Waals surface area contributed by atoms with Gasteiger partial charge in [0.1, 0.15) is 5.84 Å². The highest BCUT2D eigenvalue weighted by atomic mass is 35.5. The Kier molecular flexibility index (Phi) is 10.3. The van der Waals surface area contributed by atoms with Crippen LogP contribution in [0.2, 0.25) is 0 Å². The molecular formula is C27H32ClN5O4. The van der Waals surface area contributed by atoms with Crippen molar-refractivity contribution in [2.24, 2.45) is 11.5 Å². The molecule has 0 aromatic heterocycles. The minimum Gasteiger partial charge on any atom is -0.464 e. The summed E-state index contributed by atoms with van der Waals surface area (Å²) in [6.07, 6.45) is 0. The Morgan fingerprint density at radius 1 is 1.03 bits per heavy atom. The Labute approximate surface area is 221 Å². The molecule has 0 aliphatic carbocycles. The highest BCUT2D eigenvalue weighted by Gasteiger charge is 2.47. The molecule has 9 nitrogen and oxygen atoms in total. The number of carbonyl (C=O) groups excluding carboxylic acids is 3. The van der Waals surface area contributed by atoms with Crippen LogP contribution in [0.1, 0.15) is 40.9 Å². The minimum absolute atomic E-state index is 0. The summed E-state index contributed by atoms with van der Waals surface area (Å²) < 4.78 is 5.25. The molecule has 0 spiro atoms. The molecule has 3 aromatic carbocycles. The molecule has 0 aliphatic heterocycles. The number of nitrogens with one attached hydrogen (secondary N) is 3. The summed E-state index contributed by atoms with van der Waals surface area (Å²) in [5.41, 5.74) is 11.7. The second-order valence-electron chi connectivity index (χ2n) is 8.16. The van der Waals surface area contributed by atoms with Gasteiger partial charge in [-0.2, -0.15) is 0 Å². The van der Waals surface area contributed by atoms with Crippen LogP contribution < -0.4 is 22.1 Å². The molecule has 1 atom stereocenters. The molecule has 7 N–H and O–H groups in total. The number of hydrogen-bond acceptors (Lipinski definition) is 7. The van der Waals surface area contributed by atoms with Crippen LogP contribution >= 0.6 is 12.4 Å². The highest BCUT2D eigenvalue weighted by Crippen LogP contribution is 2.29. The van der Waals surface area contributed by atoms with Gasteiger partial charge < -0.3 is 21.5 Å². The quantitative estimate of drug-likeness (QED) is 0.111. The summed E-state index contributed by atoms with van der Waals surface area (Å²) in [6.45, 7) is 3.85. The van der Waals surface area contributed by atoms with E-state index in [9.17, 15) is 14.4 Å². The number of amidine groups is 1. The second-order valence-corrected chi connectivity index (χ2v) is 8.16. The highest BCUT2D eigenvalue weighted by molar-refractivity contribution is 6.12. The lowest BCUT2D eigenvalue weighted by Crippen LogP contribution is -2.58. The van der Waals surface area contributed by atoms with Crippen molar-refractivity contribution in [1.82, 2.24) is 10.6 Å². The van der Waals surface area contributed by atoms with Crippen molar-refractivity contribution in [1.29, 1.82) is 5.41 Å². The van der Waals surface area contributed by atoms with E-state index in [1.807, 2.05) is 6.07 Å². The van der Waals surface area contributed by atoms with Crippen LogP contribution in [-0.4, -0.2) is 43.2 Å². The molecule has 0 radical (unpaired) electrons. The van der Waals surface area contributed by atoms with Gasteiger partial charge in [0.05, 0.1) is 13.2 Å². The molecule has 0 heterocycles. The van der Waals surface area contributed by atoms with Crippen molar-refractivity contribution in [2.45, 2.75) is 25.9 Å². The smallest absolute Gasteiger partial charge is 0.338 e. The average Bonchev–Trinajstić information content (AvgIpc) is 2.89. The Hall–Kier alpha value is -3.79. The molecule has 37 heavy (non-hydrogen) atoms. The van der Waals surface area contributed by atoms with Gasteiger partial charge in [0.2, 0.25) is 5.54 Å². The first kappa shape index (κ1) is 29.4. The van der Waals surface area contributed by atoms with Gasteiger partial charge in [-0.05, 0) is 47.5 Å². The van der Waals surface area contributed by atoms with Crippen LogP contribution in [0.4, 0.5) is 0 Å². The number of fused-ring (bicyclic) bond motifs is 1. The molecule has 3 rings (SSSR count). The number of rotatable bonds is 11. The topological polar surface area (TPSA) is 160 Å². The summed E-state index contributed by atoms with van der Waals surface area (Å²) in [5, 5.41) is 14.7. The lowest BCUT2D eigenvalue weighted by molar-refractivity contribution is -0.155. The number of esters is 1. The number of likely N-dealkylation sites (N-methyl/N-ethyl adjacent to an activating group) is 1. The van der Waals surface area contributed by atoms with Crippen LogP contribution in [0.15, 0.2) is 60.7 Å². The van der Waals surface area contributed by atoms with Crippen molar-refractivity contribution in [3.63, 3.8) is 0 Å². The Balaban J connectivity index is 0.00000481. The summed E-state index contributed by atoms with van der Waals surface area (Å²) >= 11 is 0. The fraction of sp³-hybridized carbons (Fsp3) is 0.259. The molecule has 0 bridgehead atoms. The van der Waals surface area contributed by atoms with Crippen LogP contribution in [0.25, 0.3) is 10.8 Å². The summed E-state index contributed by atoms with van der Waals surface area (Å²) in [5.74, 6) is -1.52. The number of carbonyl (C=O) groups is 3. The number of nitrogens with two attached hydrogens (primary N) is 2. The van der Waals surface area contributed by atoms with Gasteiger partial charge in [-0.25, -0.2) is 4.79 Å². The molecule has 0 saturated heterocycles. The predicted molar refractivity (Wildman–Crippen MR) is 146 cm³/mol. The van der Waals surface area contributed by atoms with Crippen LogP contribution in [0, 0.1) is 5.41 Å². The standard InChI is InChI=1S/C27H31N5O4.ClH/c1-3-32-27(23(33)15-28,26(35)36-4-2)20-12-13-21-19(14-20)6-5-7-22(21)25(34)31-16-17-8-10-18(11-9-17)24(29)30;/h5-14,32H,3-4,15-16,28H2,1-2H3,(H3,29,30)(H,31,34);1H. The molecule has 1 amide bonds. The number of Topliss-reactive ketones (excluding diaryl/α,β-unsaturated/α-hetero) is 1. The second kappa shape index (κ2) is 13.0. The fourth-order valence-corrected chi connectivity index (χ4v) is 4.12.